The highest BCUT2D eigenvalue weighted by atomic mass is 16.1. The molecule has 0 radical (unpaired) electrons. The van der Waals surface area contributed by atoms with Gasteiger partial charge in [0.05, 0.1) is 0 Å². The molecule has 2 nitrogen and oxygen atoms in total. The van der Waals surface area contributed by atoms with Crippen LogP contribution in [0, 0.1) is 0 Å². The highest BCUT2D eigenvalue weighted by Crippen LogP contribution is 1.90. The summed E-state index contributed by atoms with van der Waals surface area (Å²) in [6, 6.07) is 0. The maximum atomic E-state index is 9.77. The third-order valence-corrected chi connectivity index (χ3v) is 1.22. The number of carbonyl (C=O) groups is 1. The van der Waals surface area contributed by atoms with Gasteiger partial charge in [-0.3, -0.25) is 4.79 Å². The fourth-order valence-electron chi connectivity index (χ4n) is 0.668. The SMILES string of the molecule is CCCCCNC=CC=O. The maximum absolute atomic E-state index is 9.77. The van der Waals surface area contributed by atoms with Gasteiger partial charge >= 0.3 is 0 Å². The molecule has 0 aliphatic heterocycles. The van der Waals surface area contributed by atoms with Gasteiger partial charge in [-0.05, 0) is 18.7 Å². The minimum atomic E-state index is 0.771. The third-order valence-electron chi connectivity index (χ3n) is 1.22. The number of rotatable bonds is 6. The van der Waals surface area contributed by atoms with Gasteiger partial charge in [0, 0.05) is 6.54 Å². The van der Waals surface area contributed by atoms with Crippen molar-refractivity contribution in [3.8, 4) is 0 Å². The van der Waals surface area contributed by atoms with Crippen molar-refractivity contribution in [2.75, 3.05) is 6.54 Å². The molecule has 2 heteroatoms. The topological polar surface area (TPSA) is 29.1 Å². The molecule has 0 atom stereocenters. The zero-order chi connectivity index (χ0) is 7.66. The lowest BCUT2D eigenvalue weighted by molar-refractivity contribution is -0.104. The van der Waals surface area contributed by atoms with Crippen molar-refractivity contribution in [1.29, 1.82) is 0 Å². The van der Waals surface area contributed by atoms with E-state index in [9.17, 15) is 4.79 Å². The van der Waals surface area contributed by atoms with E-state index in [1.54, 1.807) is 6.20 Å². The predicted molar refractivity (Wildman–Crippen MR) is 42.7 cm³/mol. The lowest BCUT2D eigenvalue weighted by atomic mass is 10.2. The molecule has 0 aromatic carbocycles. The fraction of sp³-hybridized carbons (Fsp3) is 0.625. The first-order valence-electron chi connectivity index (χ1n) is 3.75. The largest absolute Gasteiger partial charge is 0.391 e. The second-order valence-electron chi connectivity index (χ2n) is 2.16. The monoisotopic (exact) mass is 141 g/mol. The highest BCUT2D eigenvalue weighted by Gasteiger charge is 1.80. The quantitative estimate of drug-likeness (QED) is 0.345. The molecule has 0 fully saturated rings. The van der Waals surface area contributed by atoms with Crippen molar-refractivity contribution in [2.45, 2.75) is 26.2 Å². The van der Waals surface area contributed by atoms with Crippen LogP contribution in [-0.4, -0.2) is 12.8 Å². The van der Waals surface area contributed by atoms with Gasteiger partial charge in [-0.1, -0.05) is 19.8 Å². The second-order valence-corrected chi connectivity index (χ2v) is 2.16. The molecule has 1 N–H and O–H groups in total. The Bertz CT molecular complexity index is 99.4. The third kappa shape index (κ3) is 7.21. The number of allylic oxidation sites excluding steroid dienone is 1. The summed E-state index contributed by atoms with van der Waals surface area (Å²) in [5, 5.41) is 3.01. The van der Waals surface area contributed by atoms with E-state index >= 15 is 0 Å². The lowest BCUT2D eigenvalue weighted by Crippen LogP contribution is -2.06. The summed E-state index contributed by atoms with van der Waals surface area (Å²) in [5.74, 6) is 0. The van der Waals surface area contributed by atoms with Gasteiger partial charge in [-0.2, -0.15) is 0 Å². The van der Waals surface area contributed by atoms with Gasteiger partial charge < -0.3 is 5.32 Å². The van der Waals surface area contributed by atoms with Crippen molar-refractivity contribution >= 4 is 6.29 Å². The van der Waals surface area contributed by atoms with Crippen molar-refractivity contribution in [3.63, 3.8) is 0 Å². The zero-order valence-electron chi connectivity index (χ0n) is 6.47. The molecule has 0 saturated carbocycles. The van der Waals surface area contributed by atoms with Crippen molar-refractivity contribution < 1.29 is 4.79 Å². The van der Waals surface area contributed by atoms with E-state index in [0.29, 0.717) is 0 Å². The molecule has 0 aliphatic carbocycles. The summed E-state index contributed by atoms with van der Waals surface area (Å²) < 4.78 is 0. The number of nitrogens with one attached hydrogen (secondary N) is 1. The molecular formula is C8H15NO. The molecule has 0 bridgehead atoms. The first kappa shape index (κ1) is 9.21. The van der Waals surface area contributed by atoms with Crippen molar-refractivity contribution in [2.24, 2.45) is 0 Å². The van der Waals surface area contributed by atoms with Crippen LogP contribution in [0.4, 0.5) is 0 Å². The number of carbonyl (C=O) groups excluding carboxylic acids is 1. The summed E-state index contributed by atoms with van der Waals surface area (Å²) in [6.07, 6.45) is 7.59. The van der Waals surface area contributed by atoms with Gasteiger partial charge in [-0.15, -0.1) is 0 Å². The van der Waals surface area contributed by atoms with E-state index in [1.165, 1.54) is 25.3 Å². The molecule has 0 rings (SSSR count). The van der Waals surface area contributed by atoms with Crippen LogP contribution in [0.15, 0.2) is 12.3 Å². The van der Waals surface area contributed by atoms with Crippen LogP contribution in [0.2, 0.25) is 0 Å². The van der Waals surface area contributed by atoms with Crippen LogP contribution in [-0.2, 0) is 4.79 Å². The molecule has 0 amide bonds. The van der Waals surface area contributed by atoms with Gasteiger partial charge in [0.2, 0.25) is 0 Å². The summed E-state index contributed by atoms with van der Waals surface area (Å²) in [5.41, 5.74) is 0. The standard InChI is InChI=1S/C8H15NO/c1-2-3-4-6-9-7-5-8-10/h5,7-9H,2-4,6H2,1H3. The minimum absolute atomic E-state index is 0.771. The number of hydrogen-bond acceptors (Lipinski definition) is 2. The van der Waals surface area contributed by atoms with Crippen molar-refractivity contribution in [3.05, 3.63) is 12.3 Å². The summed E-state index contributed by atoms with van der Waals surface area (Å²) >= 11 is 0. The minimum Gasteiger partial charge on any atom is -0.391 e. The van der Waals surface area contributed by atoms with E-state index < -0.39 is 0 Å². The maximum Gasteiger partial charge on any atom is 0.144 e. The van der Waals surface area contributed by atoms with Gasteiger partial charge in [-0.25, -0.2) is 0 Å². The van der Waals surface area contributed by atoms with Gasteiger partial charge in [0.15, 0.2) is 0 Å². The predicted octanol–water partition coefficient (Wildman–Crippen LogP) is 1.48. The van der Waals surface area contributed by atoms with E-state index in [2.05, 4.69) is 12.2 Å². The summed E-state index contributed by atoms with van der Waals surface area (Å²) in [7, 11) is 0. The smallest absolute Gasteiger partial charge is 0.144 e. The van der Waals surface area contributed by atoms with Crippen LogP contribution >= 0.6 is 0 Å². The first-order valence-corrected chi connectivity index (χ1v) is 3.75. The van der Waals surface area contributed by atoms with Gasteiger partial charge in [0.25, 0.3) is 0 Å². The Labute approximate surface area is 62.3 Å². The second kappa shape index (κ2) is 8.21. The molecule has 0 saturated heterocycles. The Hall–Kier alpha value is -0.790. The number of aldehydes is 1. The molecule has 10 heavy (non-hydrogen) atoms. The summed E-state index contributed by atoms with van der Waals surface area (Å²) in [6.45, 7) is 3.14. The van der Waals surface area contributed by atoms with Crippen molar-refractivity contribution in [1.82, 2.24) is 5.32 Å². The molecule has 0 aromatic rings. The van der Waals surface area contributed by atoms with E-state index in [0.717, 1.165) is 12.8 Å². The Balaban J connectivity index is 2.90. The number of unbranched alkanes of at least 4 members (excludes halogenated alkanes) is 2. The number of hydrogen-bond donors (Lipinski definition) is 1. The lowest BCUT2D eigenvalue weighted by Gasteiger charge is -1.96. The molecule has 0 aromatic heterocycles. The molecular weight excluding hydrogens is 126 g/mol. The fourth-order valence-corrected chi connectivity index (χ4v) is 0.668. The average Bonchev–Trinajstić information content (AvgIpc) is 1.97. The van der Waals surface area contributed by atoms with E-state index in [-0.39, 0.29) is 0 Å². The Morgan fingerprint density at radius 1 is 1.40 bits per heavy atom. The molecule has 58 valence electrons. The van der Waals surface area contributed by atoms with Crippen LogP contribution in [0.3, 0.4) is 0 Å². The Morgan fingerprint density at radius 2 is 2.20 bits per heavy atom. The zero-order valence-corrected chi connectivity index (χ0v) is 6.47. The van der Waals surface area contributed by atoms with Gasteiger partial charge in [0.1, 0.15) is 6.29 Å². The average molecular weight is 141 g/mol. The van der Waals surface area contributed by atoms with Crippen LogP contribution in [0.5, 0.6) is 0 Å². The molecule has 0 unspecified atom stereocenters. The van der Waals surface area contributed by atoms with E-state index in [4.69, 9.17) is 0 Å². The first-order chi connectivity index (χ1) is 4.91. The molecule has 0 spiro atoms. The van der Waals surface area contributed by atoms with Crippen LogP contribution < -0.4 is 5.32 Å². The normalized spacial score (nSPS) is 10.1. The highest BCUT2D eigenvalue weighted by molar-refractivity contribution is 5.64. The summed E-state index contributed by atoms with van der Waals surface area (Å²) in [4.78, 5) is 9.77. The van der Waals surface area contributed by atoms with Crippen LogP contribution in [0.1, 0.15) is 26.2 Å². The molecule has 0 heterocycles. The molecule has 0 aliphatic rings. The van der Waals surface area contributed by atoms with E-state index in [1.807, 2.05) is 0 Å². The van der Waals surface area contributed by atoms with Crippen LogP contribution in [0.25, 0.3) is 0 Å². The Morgan fingerprint density at radius 3 is 2.80 bits per heavy atom. The Kier molecular flexibility index (Phi) is 7.56.